The van der Waals surface area contributed by atoms with Crippen molar-refractivity contribution in [3.8, 4) is 0 Å². The van der Waals surface area contributed by atoms with Gasteiger partial charge in [0.05, 0.1) is 0 Å². The molecular formula is C12H21N. The maximum Gasteiger partial charge on any atom is 0 e. The Labute approximate surface area is 82.7 Å². The normalized spacial score (nSPS) is 10.3. The lowest BCUT2D eigenvalue weighted by molar-refractivity contribution is 0.713. The number of likely N-dealkylation sites (N-methyl/N-ethyl adjacent to an activating group) is 1. The van der Waals surface area contributed by atoms with Crippen molar-refractivity contribution in [3.63, 3.8) is 0 Å². The zero-order chi connectivity index (χ0) is 9.52. The highest BCUT2D eigenvalue weighted by Crippen LogP contribution is 2.09. The summed E-state index contributed by atoms with van der Waals surface area (Å²) in [4.78, 5) is 0. The molecule has 0 unspecified atom stereocenters. The van der Waals surface area contributed by atoms with Crippen LogP contribution in [0, 0.1) is 0 Å². The molecule has 0 bridgehead atoms. The SMILES string of the molecule is CCNCCc1ccccc1CC.[HH]. The quantitative estimate of drug-likeness (QED) is 0.685. The highest BCUT2D eigenvalue weighted by Gasteiger charge is 1.97. The van der Waals surface area contributed by atoms with Crippen molar-refractivity contribution < 1.29 is 1.43 Å². The standard InChI is InChI=1S/C12H19N.H2/c1-3-11-7-5-6-8-12(11)9-10-13-4-2;/h5-8,13H,3-4,9-10H2,1-2H3;1H. The molecule has 0 fully saturated rings. The van der Waals surface area contributed by atoms with Crippen LogP contribution in [0.1, 0.15) is 26.4 Å². The molecule has 1 aromatic carbocycles. The fourth-order valence-corrected chi connectivity index (χ4v) is 1.55. The Morgan fingerprint density at radius 1 is 1.15 bits per heavy atom. The first-order valence-electron chi connectivity index (χ1n) is 5.16. The van der Waals surface area contributed by atoms with E-state index in [1.165, 1.54) is 11.1 Å². The van der Waals surface area contributed by atoms with Crippen LogP contribution >= 0.6 is 0 Å². The molecule has 0 aromatic heterocycles. The van der Waals surface area contributed by atoms with Gasteiger partial charge in [-0.1, -0.05) is 38.1 Å². The minimum absolute atomic E-state index is 0. The zero-order valence-corrected chi connectivity index (χ0v) is 8.64. The van der Waals surface area contributed by atoms with Crippen LogP contribution in [-0.2, 0) is 12.8 Å². The highest BCUT2D eigenvalue weighted by atomic mass is 14.8. The first-order valence-corrected chi connectivity index (χ1v) is 5.16. The second kappa shape index (κ2) is 5.76. The fraction of sp³-hybridized carbons (Fsp3) is 0.500. The van der Waals surface area contributed by atoms with Gasteiger partial charge in [-0.3, -0.25) is 0 Å². The van der Waals surface area contributed by atoms with Crippen molar-refractivity contribution in [2.45, 2.75) is 26.7 Å². The van der Waals surface area contributed by atoms with Crippen molar-refractivity contribution in [2.75, 3.05) is 13.1 Å². The van der Waals surface area contributed by atoms with Gasteiger partial charge < -0.3 is 5.32 Å². The van der Waals surface area contributed by atoms with Gasteiger partial charge in [0.15, 0.2) is 0 Å². The molecule has 0 amide bonds. The Morgan fingerprint density at radius 3 is 2.46 bits per heavy atom. The van der Waals surface area contributed by atoms with Gasteiger partial charge in [0.1, 0.15) is 0 Å². The summed E-state index contributed by atoms with van der Waals surface area (Å²) in [6.07, 6.45) is 2.29. The minimum atomic E-state index is 0. The molecule has 74 valence electrons. The molecular weight excluding hydrogens is 158 g/mol. The Morgan fingerprint density at radius 2 is 1.85 bits per heavy atom. The summed E-state index contributed by atoms with van der Waals surface area (Å²) in [5.74, 6) is 0. The number of hydrogen-bond donors (Lipinski definition) is 1. The summed E-state index contributed by atoms with van der Waals surface area (Å²) >= 11 is 0. The van der Waals surface area contributed by atoms with E-state index in [2.05, 4.69) is 43.4 Å². The summed E-state index contributed by atoms with van der Waals surface area (Å²) in [6.45, 7) is 6.51. The Bertz CT molecular complexity index is 248. The molecule has 1 N–H and O–H groups in total. The average molecular weight is 179 g/mol. The van der Waals surface area contributed by atoms with Crippen molar-refractivity contribution in [2.24, 2.45) is 0 Å². The molecule has 0 spiro atoms. The van der Waals surface area contributed by atoms with Crippen LogP contribution in [-0.4, -0.2) is 13.1 Å². The minimum Gasteiger partial charge on any atom is -0.317 e. The average Bonchev–Trinajstić information content (AvgIpc) is 2.19. The molecule has 1 aromatic rings. The number of nitrogens with one attached hydrogen (secondary N) is 1. The van der Waals surface area contributed by atoms with Gasteiger partial charge in [0.25, 0.3) is 0 Å². The molecule has 1 nitrogen and oxygen atoms in total. The molecule has 0 aliphatic heterocycles. The summed E-state index contributed by atoms with van der Waals surface area (Å²) in [5.41, 5.74) is 2.98. The summed E-state index contributed by atoms with van der Waals surface area (Å²) < 4.78 is 0. The van der Waals surface area contributed by atoms with Gasteiger partial charge in [-0.25, -0.2) is 0 Å². The smallest absolute Gasteiger partial charge is 0 e. The topological polar surface area (TPSA) is 12.0 Å². The number of rotatable bonds is 5. The first-order chi connectivity index (χ1) is 6.38. The third-order valence-electron chi connectivity index (χ3n) is 2.32. The summed E-state index contributed by atoms with van der Waals surface area (Å²) in [5, 5.41) is 3.35. The molecule has 1 heteroatoms. The predicted molar refractivity (Wildman–Crippen MR) is 60.2 cm³/mol. The van der Waals surface area contributed by atoms with E-state index in [0.717, 1.165) is 25.9 Å². The molecule has 0 radical (unpaired) electrons. The summed E-state index contributed by atoms with van der Waals surface area (Å²) in [6, 6.07) is 8.70. The van der Waals surface area contributed by atoms with Gasteiger partial charge in [0, 0.05) is 1.43 Å². The third-order valence-corrected chi connectivity index (χ3v) is 2.32. The molecule has 0 saturated heterocycles. The van der Waals surface area contributed by atoms with E-state index in [1.54, 1.807) is 0 Å². The number of aryl methyl sites for hydroxylation is 1. The maximum atomic E-state index is 3.35. The van der Waals surface area contributed by atoms with Crippen molar-refractivity contribution in [1.82, 2.24) is 5.32 Å². The zero-order valence-electron chi connectivity index (χ0n) is 8.64. The Kier molecular flexibility index (Phi) is 4.55. The molecule has 0 saturated carbocycles. The van der Waals surface area contributed by atoms with Crippen molar-refractivity contribution in [1.29, 1.82) is 0 Å². The molecule has 0 aliphatic rings. The summed E-state index contributed by atoms with van der Waals surface area (Å²) in [7, 11) is 0. The fourth-order valence-electron chi connectivity index (χ4n) is 1.55. The van der Waals surface area contributed by atoms with Gasteiger partial charge in [-0.2, -0.15) is 0 Å². The van der Waals surface area contributed by atoms with Crippen LogP contribution in [0.2, 0.25) is 0 Å². The van der Waals surface area contributed by atoms with Crippen molar-refractivity contribution >= 4 is 0 Å². The van der Waals surface area contributed by atoms with Crippen LogP contribution in [0.4, 0.5) is 0 Å². The molecule has 0 heterocycles. The van der Waals surface area contributed by atoms with Crippen LogP contribution < -0.4 is 5.32 Å². The lowest BCUT2D eigenvalue weighted by Gasteiger charge is -2.07. The monoisotopic (exact) mass is 179 g/mol. The van der Waals surface area contributed by atoms with Crippen LogP contribution in [0.5, 0.6) is 0 Å². The van der Waals surface area contributed by atoms with E-state index >= 15 is 0 Å². The lowest BCUT2D eigenvalue weighted by Crippen LogP contribution is -2.16. The van der Waals surface area contributed by atoms with Gasteiger partial charge >= 0.3 is 0 Å². The van der Waals surface area contributed by atoms with E-state index in [0.29, 0.717) is 0 Å². The maximum absolute atomic E-state index is 3.35. The molecule has 0 atom stereocenters. The van der Waals surface area contributed by atoms with E-state index in [9.17, 15) is 0 Å². The number of benzene rings is 1. The van der Waals surface area contributed by atoms with Crippen molar-refractivity contribution in [3.05, 3.63) is 35.4 Å². The van der Waals surface area contributed by atoms with Gasteiger partial charge in [-0.15, -0.1) is 0 Å². The van der Waals surface area contributed by atoms with E-state index < -0.39 is 0 Å². The molecule has 1 rings (SSSR count). The van der Waals surface area contributed by atoms with Crippen LogP contribution in [0.25, 0.3) is 0 Å². The van der Waals surface area contributed by atoms with Crippen LogP contribution in [0.15, 0.2) is 24.3 Å². The predicted octanol–water partition coefficient (Wildman–Crippen LogP) is 2.65. The third kappa shape index (κ3) is 3.19. The van der Waals surface area contributed by atoms with E-state index in [1.807, 2.05) is 0 Å². The van der Waals surface area contributed by atoms with Gasteiger partial charge in [-0.05, 0) is 37.1 Å². The second-order valence-corrected chi connectivity index (χ2v) is 3.23. The molecule has 13 heavy (non-hydrogen) atoms. The van der Waals surface area contributed by atoms with Crippen LogP contribution in [0.3, 0.4) is 0 Å². The highest BCUT2D eigenvalue weighted by molar-refractivity contribution is 5.27. The Hall–Kier alpha value is -0.820. The number of hydrogen-bond acceptors (Lipinski definition) is 1. The van der Waals surface area contributed by atoms with Gasteiger partial charge in [0.2, 0.25) is 0 Å². The van der Waals surface area contributed by atoms with E-state index in [4.69, 9.17) is 0 Å². The largest absolute Gasteiger partial charge is 0.317 e. The van der Waals surface area contributed by atoms with E-state index in [-0.39, 0.29) is 1.43 Å². The second-order valence-electron chi connectivity index (χ2n) is 3.23. The lowest BCUT2D eigenvalue weighted by atomic mass is 10.0. The first kappa shape index (κ1) is 10.3. The molecule has 0 aliphatic carbocycles. The Balaban J connectivity index is 0.00000169.